The SMILES string of the molecule is CCc1ccccc1-c1ccc(C=N[S@@](=O)C(C)(C)C)c(F)c1. The molecule has 0 bridgehead atoms. The van der Waals surface area contributed by atoms with Crippen molar-refractivity contribution in [1.29, 1.82) is 0 Å². The Morgan fingerprint density at radius 2 is 1.87 bits per heavy atom. The molecule has 23 heavy (non-hydrogen) atoms. The number of rotatable bonds is 4. The van der Waals surface area contributed by atoms with Gasteiger partial charge in [-0.3, -0.25) is 0 Å². The van der Waals surface area contributed by atoms with E-state index in [1.807, 2.05) is 45.0 Å². The van der Waals surface area contributed by atoms with Gasteiger partial charge in [-0.15, -0.1) is 0 Å². The second kappa shape index (κ2) is 7.18. The van der Waals surface area contributed by atoms with Gasteiger partial charge >= 0.3 is 0 Å². The maximum absolute atomic E-state index is 14.3. The Balaban J connectivity index is 2.32. The fraction of sp³-hybridized carbons (Fsp3) is 0.316. The van der Waals surface area contributed by atoms with E-state index in [2.05, 4.69) is 17.4 Å². The number of hydrogen-bond donors (Lipinski definition) is 0. The highest BCUT2D eigenvalue weighted by Gasteiger charge is 2.18. The highest BCUT2D eigenvalue weighted by Crippen LogP contribution is 2.25. The number of aryl methyl sites for hydroxylation is 1. The third kappa shape index (κ3) is 4.35. The van der Waals surface area contributed by atoms with E-state index in [-0.39, 0.29) is 5.82 Å². The average molecular weight is 331 g/mol. The maximum Gasteiger partial charge on any atom is 0.144 e. The zero-order valence-electron chi connectivity index (χ0n) is 14.0. The van der Waals surface area contributed by atoms with Gasteiger partial charge in [0.05, 0.1) is 4.75 Å². The number of hydrogen-bond acceptors (Lipinski definition) is 1. The van der Waals surface area contributed by atoms with Gasteiger partial charge in [0.2, 0.25) is 0 Å². The number of benzene rings is 2. The largest absolute Gasteiger partial charge is 0.234 e. The lowest BCUT2D eigenvalue weighted by molar-refractivity contribution is 0.626. The van der Waals surface area contributed by atoms with Crippen LogP contribution in [0.5, 0.6) is 0 Å². The molecular formula is C19H22FNOS. The van der Waals surface area contributed by atoms with Crippen LogP contribution in [0.3, 0.4) is 0 Å². The Morgan fingerprint density at radius 1 is 1.17 bits per heavy atom. The number of halogens is 1. The highest BCUT2D eigenvalue weighted by molar-refractivity contribution is 7.85. The van der Waals surface area contributed by atoms with E-state index in [1.165, 1.54) is 17.8 Å². The van der Waals surface area contributed by atoms with Crippen molar-refractivity contribution in [1.82, 2.24) is 0 Å². The second-order valence-corrected chi connectivity index (χ2v) is 8.28. The van der Waals surface area contributed by atoms with Crippen LogP contribution in [-0.2, 0) is 17.4 Å². The monoisotopic (exact) mass is 331 g/mol. The van der Waals surface area contributed by atoms with E-state index in [9.17, 15) is 8.60 Å². The van der Waals surface area contributed by atoms with Crippen LogP contribution in [0.1, 0.15) is 38.8 Å². The van der Waals surface area contributed by atoms with E-state index < -0.39 is 15.7 Å². The predicted octanol–water partition coefficient (Wildman–Crippen LogP) is 4.94. The first-order valence-corrected chi connectivity index (χ1v) is 8.77. The van der Waals surface area contributed by atoms with Crippen LogP contribution in [0.4, 0.5) is 4.39 Å². The van der Waals surface area contributed by atoms with Gasteiger partial charge in [-0.2, -0.15) is 4.40 Å². The minimum atomic E-state index is -1.39. The third-order valence-electron chi connectivity index (χ3n) is 3.52. The molecule has 0 saturated carbocycles. The molecule has 0 aromatic heterocycles. The molecular weight excluding hydrogens is 309 g/mol. The molecule has 4 heteroatoms. The zero-order valence-corrected chi connectivity index (χ0v) is 14.8. The first-order chi connectivity index (χ1) is 10.8. The molecule has 0 N–H and O–H groups in total. The van der Waals surface area contributed by atoms with E-state index in [0.29, 0.717) is 5.56 Å². The lowest BCUT2D eigenvalue weighted by atomic mass is 9.97. The van der Waals surface area contributed by atoms with Crippen LogP contribution in [0, 0.1) is 5.82 Å². The Labute approximate surface area is 140 Å². The molecule has 0 amide bonds. The summed E-state index contributed by atoms with van der Waals surface area (Å²) in [6.45, 7) is 7.59. The summed E-state index contributed by atoms with van der Waals surface area (Å²) in [5.41, 5.74) is 3.41. The van der Waals surface area contributed by atoms with Crippen molar-refractivity contribution in [3.63, 3.8) is 0 Å². The first kappa shape index (κ1) is 17.5. The molecule has 2 aromatic carbocycles. The van der Waals surface area contributed by atoms with Crippen LogP contribution in [-0.4, -0.2) is 15.2 Å². The Morgan fingerprint density at radius 3 is 2.48 bits per heavy atom. The van der Waals surface area contributed by atoms with Gasteiger partial charge in [0.25, 0.3) is 0 Å². The van der Waals surface area contributed by atoms with Gasteiger partial charge in [0.15, 0.2) is 0 Å². The molecule has 0 saturated heterocycles. The number of nitrogens with zero attached hydrogens (tertiary/aromatic N) is 1. The van der Waals surface area contributed by atoms with Crippen molar-refractivity contribution in [3.8, 4) is 11.1 Å². The minimum absolute atomic E-state index is 0.348. The van der Waals surface area contributed by atoms with E-state index >= 15 is 0 Å². The summed E-state index contributed by atoms with van der Waals surface area (Å²) >= 11 is 0. The molecule has 0 spiro atoms. The minimum Gasteiger partial charge on any atom is -0.234 e. The molecule has 2 aromatic rings. The Kier molecular flexibility index (Phi) is 5.47. The van der Waals surface area contributed by atoms with E-state index in [1.54, 1.807) is 6.07 Å². The smallest absolute Gasteiger partial charge is 0.144 e. The van der Waals surface area contributed by atoms with Gasteiger partial charge < -0.3 is 0 Å². The van der Waals surface area contributed by atoms with E-state index in [4.69, 9.17) is 0 Å². The van der Waals surface area contributed by atoms with Crippen molar-refractivity contribution in [2.24, 2.45) is 4.40 Å². The van der Waals surface area contributed by atoms with Gasteiger partial charge in [-0.1, -0.05) is 37.3 Å². The molecule has 0 fully saturated rings. The lowest BCUT2D eigenvalue weighted by Gasteiger charge is -2.13. The molecule has 0 aliphatic carbocycles. The summed E-state index contributed by atoms with van der Waals surface area (Å²) < 4.78 is 29.8. The first-order valence-electron chi connectivity index (χ1n) is 7.67. The average Bonchev–Trinajstić information content (AvgIpc) is 2.52. The van der Waals surface area contributed by atoms with Gasteiger partial charge in [0.1, 0.15) is 16.8 Å². The van der Waals surface area contributed by atoms with Crippen LogP contribution >= 0.6 is 0 Å². The third-order valence-corrected chi connectivity index (χ3v) is 4.87. The summed E-state index contributed by atoms with van der Waals surface area (Å²) in [7, 11) is -1.39. The quantitative estimate of drug-likeness (QED) is 0.730. The molecule has 2 nitrogen and oxygen atoms in total. The van der Waals surface area contributed by atoms with E-state index in [0.717, 1.165) is 17.5 Å². The summed E-state index contributed by atoms with van der Waals surface area (Å²) in [6.07, 6.45) is 2.25. The fourth-order valence-electron chi connectivity index (χ4n) is 2.17. The van der Waals surface area contributed by atoms with Crippen LogP contribution in [0.15, 0.2) is 46.9 Å². The summed E-state index contributed by atoms with van der Waals surface area (Å²) in [5.74, 6) is -0.358. The highest BCUT2D eigenvalue weighted by atomic mass is 32.2. The lowest BCUT2D eigenvalue weighted by Crippen LogP contribution is -2.19. The molecule has 122 valence electrons. The maximum atomic E-state index is 14.3. The zero-order chi connectivity index (χ0) is 17.0. The molecule has 0 radical (unpaired) electrons. The van der Waals surface area contributed by atoms with Crippen LogP contribution < -0.4 is 0 Å². The van der Waals surface area contributed by atoms with Crippen molar-refractivity contribution < 1.29 is 8.60 Å². The van der Waals surface area contributed by atoms with Crippen molar-refractivity contribution >= 4 is 17.2 Å². The predicted molar refractivity (Wildman–Crippen MR) is 96.7 cm³/mol. The standard InChI is InChI=1S/C19H22FNOS/c1-5-14-8-6-7-9-17(14)15-10-11-16(18(20)12-15)13-21-23(22)19(2,3)4/h6-13H,5H2,1-4H3/t23-/m0/s1. The van der Waals surface area contributed by atoms with Crippen molar-refractivity contribution in [2.75, 3.05) is 0 Å². The van der Waals surface area contributed by atoms with Crippen LogP contribution in [0.25, 0.3) is 11.1 Å². The molecule has 1 atom stereocenters. The topological polar surface area (TPSA) is 29.4 Å². The van der Waals surface area contributed by atoms with Gasteiger partial charge in [0, 0.05) is 11.8 Å². The molecule has 0 aliphatic rings. The Hall–Kier alpha value is -1.81. The fourth-order valence-corrected chi connectivity index (χ4v) is 2.70. The summed E-state index contributed by atoms with van der Waals surface area (Å²) in [4.78, 5) is 0. The normalized spacial score (nSPS) is 13.4. The van der Waals surface area contributed by atoms with Gasteiger partial charge in [-0.25, -0.2) is 8.60 Å². The van der Waals surface area contributed by atoms with Crippen molar-refractivity contribution in [2.45, 2.75) is 38.9 Å². The van der Waals surface area contributed by atoms with Crippen LogP contribution in [0.2, 0.25) is 0 Å². The second-order valence-electron chi connectivity index (χ2n) is 6.34. The molecule has 0 aliphatic heterocycles. The molecule has 2 rings (SSSR count). The Bertz CT molecular complexity index is 747. The molecule has 0 unspecified atom stereocenters. The molecule has 0 heterocycles. The van der Waals surface area contributed by atoms with Crippen molar-refractivity contribution in [3.05, 3.63) is 59.4 Å². The summed E-state index contributed by atoms with van der Waals surface area (Å²) in [6, 6.07) is 13.1. The summed E-state index contributed by atoms with van der Waals surface area (Å²) in [5, 5.41) is 0. The van der Waals surface area contributed by atoms with Gasteiger partial charge in [-0.05, 0) is 56.0 Å².